The van der Waals surface area contributed by atoms with Crippen LogP contribution < -0.4 is 10.2 Å². The average molecular weight is 405 g/mol. The van der Waals surface area contributed by atoms with Gasteiger partial charge in [0, 0.05) is 18.7 Å². The topological polar surface area (TPSA) is 101 Å². The lowest BCUT2D eigenvalue weighted by Crippen LogP contribution is -2.24. The van der Waals surface area contributed by atoms with Crippen molar-refractivity contribution in [2.24, 2.45) is 0 Å². The van der Waals surface area contributed by atoms with Crippen molar-refractivity contribution in [2.45, 2.75) is 12.3 Å². The molecule has 8 nitrogen and oxygen atoms in total. The minimum absolute atomic E-state index is 0.000499. The molecular weight excluding hydrogens is 390 g/mol. The number of nitrogens with zero attached hydrogens (tertiary/aromatic N) is 4. The van der Waals surface area contributed by atoms with Crippen LogP contribution in [0, 0.1) is 0 Å². The summed E-state index contributed by atoms with van der Waals surface area (Å²) in [6.45, 7) is 0.455. The summed E-state index contributed by atoms with van der Waals surface area (Å²) in [6.07, 6.45) is 0.280. The second-order valence-corrected chi connectivity index (χ2v) is 7.66. The van der Waals surface area contributed by atoms with Crippen molar-refractivity contribution < 1.29 is 14.0 Å². The molecule has 9 heteroatoms. The highest BCUT2D eigenvalue weighted by molar-refractivity contribution is 7.20. The number of carbonyl (C=O) groups excluding carboxylic acids is 2. The maximum absolute atomic E-state index is 12.5. The summed E-state index contributed by atoms with van der Waals surface area (Å²) in [7, 11) is 0. The number of benzene rings is 2. The van der Waals surface area contributed by atoms with Gasteiger partial charge in [0.25, 0.3) is 5.91 Å². The number of thiazole rings is 1. The van der Waals surface area contributed by atoms with Gasteiger partial charge < -0.3 is 9.32 Å². The van der Waals surface area contributed by atoms with Gasteiger partial charge in [0.05, 0.1) is 16.1 Å². The molecule has 2 aromatic heterocycles. The van der Waals surface area contributed by atoms with Crippen LogP contribution in [-0.2, 0) is 4.79 Å². The van der Waals surface area contributed by atoms with Gasteiger partial charge in [-0.25, -0.2) is 4.98 Å². The fourth-order valence-corrected chi connectivity index (χ4v) is 4.16. The van der Waals surface area contributed by atoms with E-state index in [4.69, 9.17) is 4.42 Å². The zero-order valence-electron chi connectivity index (χ0n) is 15.1. The Morgan fingerprint density at radius 2 is 1.90 bits per heavy atom. The molecule has 144 valence electrons. The summed E-state index contributed by atoms with van der Waals surface area (Å²) in [5, 5.41) is 10.8. The lowest BCUT2D eigenvalue weighted by Gasteiger charge is -2.15. The summed E-state index contributed by atoms with van der Waals surface area (Å²) in [5.41, 5.74) is 1.60. The molecule has 1 aliphatic rings. The van der Waals surface area contributed by atoms with Crippen LogP contribution in [-0.4, -0.2) is 33.5 Å². The summed E-state index contributed by atoms with van der Waals surface area (Å²) >= 11 is 1.29. The van der Waals surface area contributed by atoms with Gasteiger partial charge in [0.15, 0.2) is 5.01 Å². The molecule has 2 amide bonds. The zero-order chi connectivity index (χ0) is 19.8. The van der Waals surface area contributed by atoms with Crippen molar-refractivity contribution >= 4 is 45.1 Å². The molecule has 4 aromatic rings. The van der Waals surface area contributed by atoms with Crippen molar-refractivity contribution in [3.63, 3.8) is 0 Å². The number of para-hydroxylation sites is 2. The molecule has 5 rings (SSSR count). The largest absolute Gasteiger partial charge is 0.407 e. The quantitative estimate of drug-likeness (QED) is 0.558. The van der Waals surface area contributed by atoms with Crippen LogP contribution in [0.25, 0.3) is 10.2 Å². The number of anilines is 2. The van der Waals surface area contributed by atoms with Crippen molar-refractivity contribution in [1.29, 1.82) is 0 Å². The molecule has 1 fully saturated rings. The number of fused-ring (bicyclic) bond motifs is 1. The van der Waals surface area contributed by atoms with Gasteiger partial charge in [0.1, 0.15) is 0 Å². The zero-order valence-corrected chi connectivity index (χ0v) is 15.9. The molecule has 0 spiro atoms. The number of hydrogen-bond acceptors (Lipinski definition) is 7. The Bertz CT molecular complexity index is 1170. The molecule has 1 N–H and O–H groups in total. The monoisotopic (exact) mass is 405 g/mol. The Balaban J connectivity index is 1.29. The van der Waals surface area contributed by atoms with Gasteiger partial charge in [-0.1, -0.05) is 35.4 Å². The van der Waals surface area contributed by atoms with Crippen molar-refractivity contribution in [3.05, 3.63) is 65.5 Å². The lowest BCUT2D eigenvalue weighted by atomic mass is 10.1. The number of rotatable bonds is 4. The van der Waals surface area contributed by atoms with Crippen molar-refractivity contribution in [2.75, 3.05) is 16.8 Å². The summed E-state index contributed by atoms with van der Waals surface area (Å²) < 4.78 is 6.54. The predicted molar refractivity (Wildman–Crippen MR) is 108 cm³/mol. The first-order valence-corrected chi connectivity index (χ1v) is 9.85. The second kappa shape index (κ2) is 7.10. The van der Waals surface area contributed by atoms with E-state index in [0.717, 1.165) is 15.9 Å². The number of aromatic nitrogens is 3. The van der Waals surface area contributed by atoms with Gasteiger partial charge in [-0.3, -0.25) is 14.9 Å². The summed E-state index contributed by atoms with van der Waals surface area (Å²) in [4.78, 5) is 30.8. The third kappa shape index (κ3) is 3.36. The molecule has 2 aromatic carbocycles. The smallest absolute Gasteiger partial charge is 0.322 e. The highest BCUT2D eigenvalue weighted by Crippen LogP contribution is 2.31. The van der Waals surface area contributed by atoms with E-state index in [1.165, 1.54) is 11.3 Å². The molecule has 0 saturated carbocycles. The van der Waals surface area contributed by atoms with E-state index >= 15 is 0 Å². The normalized spacial score (nSPS) is 16.5. The van der Waals surface area contributed by atoms with Crippen LogP contribution in [0.1, 0.15) is 28.0 Å². The second-order valence-electron chi connectivity index (χ2n) is 6.63. The van der Waals surface area contributed by atoms with E-state index < -0.39 is 5.91 Å². The molecule has 1 aliphatic heterocycles. The van der Waals surface area contributed by atoms with E-state index in [2.05, 4.69) is 20.5 Å². The van der Waals surface area contributed by atoms with Crippen LogP contribution in [0.4, 0.5) is 11.7 Å². The average Bonchev–Trinajstić information content (AvgIpc) is 3.46. The maximum Gasteiger partial charge on any atom is 0.322 e. The predicted octanol–water partition coefficient (Wildman–Crippen LogP) is 3.45. The fraction of sp³-hybridized carbons (Fsp3) is 0.150. The van der Waals surface area contributed by atoms with Crippen molar-refractivity contribution in [3.8, 4) is 0 Å². The number of hydrogen-bond donors (Lipinski definition) is 1. The van der Waals surface area contributed by atoms with Gasteiger partial charge in [-0.15, -0.1) is 16.4 Å². The highest BCUT2D eigenvalue weighted by atomic mass is 32.1. The third-order valence-electron chi connectivity index (χ3n) is 4.69. The van der Waals surface area contributed by atoms with Gasteiger partial charge in [0.2, 0.25) is 11.8 Å². The lowest BCUT2D eigenvalue weighted by molar-refractivity contribution is -0.117. The standard InChI is InChI=1S/C20H15N5O3S/c26-16-10-12(11-25(16)13-6-2-1-3-7-13)18-23-24-20(28-18)22-17(27)19-21-14-8-4-5-9-15(14)29-19/h1-9,12H,10-11H2,(H,22,24,27). The fourth-order valence-electron chi connectivity index (χ4n) is 3.30. The number of nitrogens with one attached hydrogen (secondary N) is 1. The van der Waals surface area contributed by atoms with E-state index in [9.17, 15) is 9.59 Å². The first kappa shape index (κ1) is 17.5. The Labute approximate surface area is 169 Å². The van der Waals surface area contributed by atoms with Crippen LogP contribution >= 0.6 is 11.3 Å². The molecule has 1 saturated heterocycles. The molecule has 0 bridgehead atoms. The van der Waals surface area contributed by atoms with Crippen LogP contribution in [0.2, 0.25) is 0 Å². The summed E-state index contributed by atoms with van der Waals surface area (Å²) in [5.74, 6) is -0.297. The third-order valence-corrected chi connectivity index (χ3v) is 5.73. The van der Waals surface area contributed by atoms with Crippen LogP contribution in [0.3, 0.4) is 0 Å². The Morgan fingerprint density at radius 3 is 2.72 bits per heavy atom. The molecule has 1 unspecified atom stereocenters. The van der Waals surface area contributed by atoms with Crippen LogP contribution in [0.15, 0.2) is 59.0 Å². The summed E-state index contributed by atoms with van der Waals surface area (Å²) in [6, 6.07) is 17.0. The minimum atomic E-state index is -0.408. The Morgan fingerprint density at radius 1 is 1.10 bits per heavy atom. The Kier molecular flexibility index (Phi) is 4.28. The highest BCUT2D eigenvalue weighted by Gasteiger charge is 2.35. The minimum Gasteiger partial charge on any atom is -0.407 e. The first-order valence-electron chi connectivity index (χ1n) is 9.03. The van der Waals surface area contributed by atoms with Crippen molar-refractivity contribution in [1.82, 2.24) is 15.2 Å². The van der Waals surface area contributed by atoms with Gasteiger partial charge >= 0.3 is 6.01 Å². The number of amides is 2. The first-order chi connectivity index (χ1) is 14.2. The van der Waals surface area contributed by atoms with E-state index in [1.54, 1.807) is 4.90 Å². The number of carbonyl (C=O) groups is 2. The molecule has 3 heterocycles. The van der Waals surface area contributed by atoms with E-state index in [-0.39, 0.29) is 24.3 Å². The molecule has 0 radical (unpaired) electrons. The SMILES string of the molecule is O=C(Nc1nnc(C2CC(=O)N(c3ccccc3)C2)o1)c1nc2ccccc2s1. The van der Waals surface area contributed by atoms with E-state index in [1.807, 2.05) is 54.6 Å². The van der Waals surface area contributed by atoms with Gasteiger partial charge in [-0.2, -0.15) is 0 Å². The Hall–Kier alpha value is -3.59. The van der Waals surface area contributed by atoms with Crippen LogP contribution in [0.5, 0.6) is 0 Å². The molecular formula is C20H15N5O3S. The van der Waals surface area contributed by atoms with Gasteiger partial charge in [-0.05, 0) is 24.3 Å². The molecule has 29 heavy (non-hydrogen) atoms. The molecule has 0 aliphatic carbocycles. The molecule has 1 atom stereocenters. The van der Waals surface area contributed by atoms with E-state index in [0.29, 0.717) is 17.4 Å². The maximum atomic E-state index is 12.5.